The Morgan fingerprint density at radius 2 is 0.768 bits per heavy atom. The number of carbonyl (C=O) groups excluding carboxylic acids is 2. The van der Waals surface area contributed by atoms with Crippen molar-refractivity contribution in [3.05, 3.63) is 129 Å². The summed E-state index contributed by atoms with van der Waals surface area (Å²) >= 11 is 10.1. The van der Waals surface area contributed by atoms with Gasteiger partial charge in [-0.05, 0) is 167 Å². The van der Waals surface area contributed by atoms with Gasteiger partial charge in [0.1, 0.15) is 91.6 Å². The number of ether oxygens (including phenoxy) is 5. The van der Waals surface area contributed by atoms with Crippen LogP contribution < -0.4 is 48.5 Å². The molecule has 30 nitrogen and oxygen atoms in total. The number of aliphatic hydroxyl groups excluding tert-OH is 10. The smallest absolute Gasteiger partial charge is 0.329 e. The molecule has 10 heterocycles. The second-order valence-electron chi connectivity index (χ2n) is 33.2. The molecule has 9 aliphatic heterocycles. The maximum atomic E-state index is 12.2. The molecule has 0 aliphatic carbocycles. The maximum Gasteiger partial charge on any atom is 0.329 e. The standard InChI is InChI=1S/C17H30N3O5P.C15H25N2O4P.C15H25N2O3PS.C14H23N2O4P.C14H23N2O3PS/c1-5-7-18-10-20-9-11(16(23)19-17(20)24)15-14(22)13(21)12(25-15)6-8-26(2,3)4;1-9-10(8-17(2)15(20)16-9)14-13(19)12(18)11(21-14)6-7-22(3,4)5;1-9-10(8-17(2)15(22)16-9)14-13(19)12(18)11(20-14)6-7-21(3,4)5;1-8-9(7-15-14(19)16-8)13-12(18)11(17)10(20-13)5-6-21(2,3)4;1-8-9(7-15-14(21)16-8)13-12(18)11(17)10(19-13)5-6-20(2,3)4/h9,12-15,18,21-22H,2,5-8,10H2,1,3-4H3,(H,19,23,24);8,11-14,18-19H,1,3,6-7H2,2,4-5H3,(H,16,20);8,11-14,18-19H,1,3,6-7H2,2,4-5H3,(H,16,22);7,10-13,17-18H,1-2,5-6H2,3-4H3,(H2,15,16,19);7,10-13,17-18H,1-2,5-6H2,3-4H3,(H2,15,16,21)/t12-,13-,14-,15?;2*11-,12-,13-,14+;2*10-,11-,12-,13+/m11111/s1. The minimum absolute atomic E-state index is 0.139. The zero-order valence-electron chi connectivity index (χ0n) is 67.0. The summed E-state index contributed by atoms with van der Waals surface area (Å²) in [5.74, 6) is 0. The predicted molar refractivity (Wildman–Crippen MR) is 468 cm³/mol. The Labute approximate surface area is 670 Å². The van der Waals surface area contributed by atoms with E-state index in [4.69, 9.17) is 48.1 Å². The van der Waals surface area contributed by atoms with Gasteiger partial charge < -0.3 is 116 Å². The molecule has 632 valence electrons. The number of aliphatic hydroxyl groups is 10. The van der Waals surface area contributed by atoms with Crippen molar-refractivity contribution in [1.29, 1.82) is 0 Å². The minimum Gasteiger partial charge on any atom is -0.388 e. The van der Waals surface area contributed by atoms with E-state index in [1.54, 1.807) is 30.5 Å². The van der Waals surface area contributed by atoms with Crippen LogP contribution in [0.2, 0.25) is 0 Å². The highest BCUT2D eigenvalue weighted by molar-refractivity contribution is 7.80. The molecule has 0 aromatic carbocycles. The Morgan fingerprint density at radius 1 is 0.446 bits per heavy atom. The average molecular weight is 1700 g/mol. The Kier molecular flexibility index (Phi) is 35.0. The topological polar surface area (TPSA) is 428 Å². The number of aromatic nitrogens is 2. The highest BCUT2D eigenvalue weighted by Crippen LogP contribution is 2.45. The van der Waals surface area contributed by atoms with Crippen LogP contribution in [0.4, 0.5) is 9.59 Å². The molecule has 1 unspecified atom stereocenters. The van der Waals surface area contributed by atoms with E-state index >= 15 is 0 Å². The summed E-state index contributed by atoms with van der Waals surface area (Å²) in [6.45, 7) is 33.5. The van der Waals surface area contributed by atoms with Gasteiger partial charge in [-0.25, -0.2) is 14.4 Å². The molecule has 18 N–H and O–H groups in total. The van der Waals surface area contributed by atoms with Crippen molar-refractivity contribution in [3.63, 3.8) is 0 Å². The number of amides is 4. The molecular formula is C75H126N11O19P5S2. The molecular weight excluding hydrogens is 1580 g/mol. The van der Waals surface area contributed by atoms with Gasteiger partial charge in [0, 0.05) is 90.2 Å². The number of H-pyrrole nitrogens is 1. The van der Waals surface area contributed by atoms with Crippen LogP contribution in [0.1, 0.15) is 57.1 Å². The van der Waals surface area contributed by atoms with Crippen LogP contribution in [0.5, 0.6) is 0 Å². The normalized spacial score (nSPS) is 31.6. The lowest BCUT2D eigenvalue weighted by Crippen LogP contribution is -2.42. The number of hydrogen-bond donors (Lipinski definition) is 18. The third kappa shape index (κ3) is 27.5. The van der Waals surface area contributed by atoms with Crippen LogP contribution >= 0.6 is 58.9 Å². The molecule has 5 fully saturated rings. The summed E-state index contributed by atoms with van der Waals surface area (Å²) in [6.07, 6.45) is 21.4. The summed E-state index contributed by atoms with van der Waals surface area (Å²) in [7, 11) is 3.42. The first kappa shape index (κ1) is 96.2. The van der Waals surface area contributed by atoms with Crippen molar-refractivity contribution in [1.82, 2.24) is 56.6 Å². The van der Waals surface area contributed by atoms with Crippen molar-refractivity contribution in [2.24, 2.45) is 0 Å². The van der Waals surface area contributed by atoms with Crippen molar-refractivity contribution in [2.45, 2.75) is 174 Å². The number of hydrogen-bond acceptors (Lipinski definition) is 22. The fourth-order valence-electron chi connectivity index (χ4n) is 13.0. The number of urea groups is 2. The molecule has 0 bridgehead atoms. The summed E-state index contributed by atoms with van der Waals surface area (Å²) < 4.78 is 30.6. The molecule has 20 atom stereocenters. The lowest BCUT2D eigenvalue weighted by Gasteiger charge is -2.30. The zero-order chi connectivity index (χ0) is 84.4. The number of thiocarbonyl (C=S) groups is 2. The summed E-state index contributed by atoms with van der Waals surface area (Å²) in [5, 5.41) is 123. The molecule has 10 rings (SSSR count). The average Bonchev–Trinajstić information content (AvgIpc) is 1.61. The van der Waals surface area contributed by atoms with Crippen LogP contribution in [0.25, 0.3) is 0 Å². The van der Waals surface area contributed by atoms with Crippen LogP contribution in [-0.4, -0.2) is 358 Å². The van der Waals surface area contributed by atoms with Gasteiger partial charge in [-0.15, -0.1) is 65.9 Å². The highest BCUT2D eigenvalue weighted by atomic mass is 32.1. The van der Waals surface area contributed by atoms with E-state index in [2.05, 4.69) is 167 Å². The molecule has 37 heteroatoms. The van der Waals surface area contributed by atoms with Gasteiger partial charge >= 0.3 is 17.8 Å². The summed E-state index contributed by atoms with van der Waals surface area (Å²) in [5.41, 5.74) is 3.48. The molecule has 5 saturated heterocycles. The summed E-state index contributed by atoms with van der Waals surface area (Å²) in [6, 6.07) is -0.668. The van der Waals surface area contributed by atoms with E-state index in [9.17, 15) is 70.2 Å². The van der Waals surface area contributed by atoms with Gasteiger partial charge in [0.15, 0.2) is 10.2 Å². The Hall–Kier alpha value is -4.62. The van der Waals surface area contributed by atoms with Crippen molar-refractivity contribution in [2.75, 3.05) is 118 Å². The molecule has 1 aromatic rings. The SMILES string of the molecule is C=C1NC(=O)N(C)C=C1[C@@H]1O[C@H](CCP(=C)(C)C)[C@@H](O)[C@H]1O.C=C1NC(=O)NC=C1[C@@H]1O[C@H](CCP(=C)(C)C)[C@@H](O)[C@H]1O.C=C1NC(=S)N(C)C=C1[C@@H]1O[C@H](CCP(=C)(C)C)[C@@H](O)[C@H]1O.C=C1NC(=S)NC=C1[C@@H]1O[C@H](CCP(=C)(C)C)[C@@H](O)[C@H]1O.C=P(C)(C)CC[C@H]1OC(c2cn(CNCCC)c(=O)[nH]c2=O)[C@H](O)[C@@H]1O. The molecule has 1 aromatic heterocycles. The Balaban J connectivity index is 0.000000219. The lowest BCUT2D eigenvalue weighted by atomic mass is 9.99. The monoisotopic (exact) mass is 1700 g/mol. The van der Waals surface area contributed by atoms with Crippen LogP contribution in [0, 0.1) is 0 Å². The van der Waals surface area contributed by atoms with Crippen LogP contribution in [0.15, 0.2) is 112 Å². The Morgan fingerprint density at radius 3 is 1.12 bits per heavy atom. The lowest BCUT2D eigenvalue weighted by molar-refractivity contribution is 0.00492. The fourth-order valence-corrected chi connectivity index (χ4v) is 18.2. The van der Waals surface area contributed by atoms with Crippen molar-refractivity contribution in [3.8, 4) is 0 Å². The van der Waals surface area contributed by atoms with Crippen LogP contribution in [-0.2, 0) is 30.4 Å². The minimum atomic E-state index is -1.29. The second-order valence-corrected chi connectivity index (χ2v) is 55.5. The summed E-state index contributed by atoms with van der Waals surface area (Å²) in [4.78, 5) is 52.2. The van der Waals surface area contributed by atoms with Gasteiger partial charge in [0.25, 0.3) is 5.56 Å². The molecule has 0 spiro atoms. The molecule has 9 aliphatic rings. The number of aromatic amines is 1. The van der Waals surface area contributed by atoms with Crippen molar-refractivity contribution < 1.29 is 84.3 Å². The fraction of sp³-hybridized carbons (Fsp3) is 0.613. The number of carbonyl (C=O) groups is 2. The number of nitrogens with zero attached hydrogens (tertiary/aromatic N) is 3. The Bertz CT molecular complexity index is 3930. The number of nitrogens with one attached hydrogen (secondary N) is 8. The number of rotatable bonds is 24. The quantitative estimate of drug-likeness (QED) is 0.0399. The van der Waals surface area contributed by atoms with Gasteiger partial charge in [0.2, 0.25) is 0 Å². The highest BCUT2D eigenvalue weighted by Gasteiger charge is 2.50. The van der Waals surface area contributed by atoms with E-state index in [1.165, 1.54) is 21.9 Å². The molecule has 112 heavy (non-hydrogen) atoms. The van der Waals surface area contributed by atoms with E-state index < -0.39 is 156 Å². The van der Waals surface area contributed by atoms with E-state index in [0.717, 1.165) is 43.8 Å². The molecule has 4 amide bonds. The van der Waals surface area contributed by atoms with Gasteiger partial charge in [-0.2, -0.15) is 0 Å². The maximum absolute atomic E-state index is 12.2. The first-order chi connectivity index (χ1) is 51.7. The van der Waals surface area contributed by atoms with E-state index in [0.29, 0.717) is 87.4 Å². The van der Waals surface area contributed by atoms with Crippen LogP contribution in [0.3, 0.4) is 0 Å². The molecule has 0 radical (unpaired) electrons. The zero-order valence-corrected chi connectivity index (χ0v) is 73.1. The predicted octanol–water partition coefficient (Wildman–Crippen LogP) is 1.91. The van der Waals surface area contributed by atoms with Gasteiger partial charge in [-0.3, -0.25) is 19.7 Å². The third-order valence-corrected chi connectivity index (χ3v) is 27.6. The van der Waals surface area contributed by atoms with Gasteiger partial charge in [-0.1, -0.05) is 33.2 Å². The third-order valence-electron chi connectivity index (χ3n) is 19.6. The first-order valence-electron chi connectivity index (χ1n) is 37.0. The van der Waals surface area contributed by atoms with Crippen molar-refractivity contribution >= 4 is 113 Å². The molecule has 0 saturated carbocycles. The largest absolute Gasteiger partial charge is 0.388 e. The van der Waals surface area contributed by atoms with E-state index in [-0.39, 0.29) is 36.5 Å². The van der Waals surface area contributed by atoms with E-state index in [1.807, 2.05) is 14.0 Å². The second kappa shape index (κ2) is 40.7. The van der Waals surface area contributed by atoms with Gasteiger partial charge in [0.05, 0.1) is 42.8 Å². The first-order valence-corrected chi connectivity index (χ1v) is 53.1.